The van der Waals surface area contributed by atoms with Crippen LogP contribution < -0.4 is 21.2 Å². The third kappa shape index (κ3) is 7.02. The van der Waals surface area contributed by atoms with E-state index in [1.807, 2.05) is 6.92 Å². The van der Waals surface area contributed by atoms with Crippen LogP contribution in [-0.2, 0) is 16.6 Å². The fourth-order valence-corrected chi connectivity index (χ4v) is 5.05. The largest absolute Gasteiger partial charge is 0.381 e. The zero-order valence-corrected chi connectivity index (χ0v) is 23.7. The molecule has 2 atom stereocenters. The first kappa shape index (κ1) is 29.2. The molecular weight excluding hydrogens is 513 g/mol. The van der Waals surface area contributed by atoms with E-state index < -0.39 is 5.82 Å². The van der Waals surface area contributed by atoms with Gasteiger partial charge in [-0.3, -0.25) is 9.48 Å². The van der Waals surface area contributed by atoms with Crippen LogP contribution in [0.2, 0.25) is 0 Å². The van der Waals surface area contributed by atoms with Crippen LogP contribution >= 0.6 is 0 Å². The minimum Gasteiger partial charge on any atom is -0.381 e. The summed E-state index contributed by atoms with van der Waals surface area (Å²) >= 11 is 0. The summed E-state index contributed by atoms with van der Waals surface area (Å²) in [5.74, 6) is -0.438. The molecule has 11 heteroatoms. The Hall–Kier alpha value is -3.83. The van der Waals surface area contributed by atoms with Gasteiger partial charge in [0.1, 0.15) is 5.52 Å². The summed E-state index contributed by atoms with van der Waals surface area (Å²) < 4.78 is 19.9. The number of fused-ring (bicyclic) bond motifs is 2. The average Bonchev–Trinajstić information content (AvgIpc) is 3.25. The van der Waals surface area contributed by atoms with Gasteiger partial charge in [0.05, 0.1) is 11.6 Å². The molecule has 1 amide bonds. The molecule has 40 heavy (non-hydrogen) atoms. The van der Waals surface area contributed by atoms with E-state index in [2.05, 4.69) is 56.6 Å². The van der Waals surface area contributed by atoms with E-state index in [-0.39, 0.29) is 5.69 Å². The number of hydrogen-bond acceptors (Lipinski definition) is 7. The van der Waals surface area contributed by atoms with Crippen molar-refractivity contribution in [3.8, 4) is 0 Å². The maximum atomic E-state index is 13.4. The van der Waals surface area contributed by atoms with Gasteiger partial charge in [-0.1, -0.05) is 6.07 Å². The first-order valence-electron chi connectivity index (χ1n) is 13.5. The monoisotopic (exact) mass is 551 g/mol. The summed E-state index contributed by atoms with van der Waals surface area (Å²) in [5, 5.41) is 11.5. The van der Waals surface area contributed by atoms with Crippen LogP contribution in [0.5, 0.6) is 0 Å². The number of aryl methyl sites for hydroxylation is 2. The van der Waals surface area contributed by atoms with Gasteiger partial charge in [-0.15, -0.1) is 0 Å². The lowest BCUT2D eigenvalue weighted by atomic mass is 9.96. The number of aromatic amines is 1. The molecule has 2 unspecified atom stereocenters. The Morgan fingerprint density at radius 1 is 1.18 bits per heavy atom. The molecule has 2 aromatic heterocycles. The first-order valence-corrected chi connectivity index (χ1v) is 13.5. The van der Waals surface area contributed by atoms with E-state index in [1.54, 1.807) is 32.6 Å². The molecule has 4 aromatic rings. The number of H-pyrrole nitrogens is 1. The number of carbonyl (C=O) groups excluding carboxylic acids is 1. The van der Waals surface area contributed by atoms with Crippen molar-refractivity contribution >= 4 is 39.6 Å². The van der Waals surface area contributed by atoms with E-state index in [4.69, 9.17) is 4.74 Å². The molecule has 214 valence electrons. The smallest absolute Gasteiger partial charge is 0.345 e. The van der Waals surface area contributed by atoms with Crippen LogP contribution in [0.1, 0.15) is 38.7 Å². The number of aromatic nitrogens is 4. The molecule has 1 aliphatic carbocycles. The zero-order valence-electron chi connectivity index (χ0n) is 23.7. The molecule has 2 aromatic carbocycles. The number of rotatable bonds is 4. The van der Waals surface area contributed by atoms with Crippen LogP contribution in [-0.4, -0.2) is 64.5 Å². The van der Waals surface area contributed by atoms with Gasteiger partial charge < -0.3 is 25.3 Å². The predicted octanol–water partition coefficient (Wildman–Crippen LogP) is 3.88. The first-order chi connectivity index (χ1) is 19.2. The van der Waals surface area contributed by atoms with E-state index >= 15 is 0 Å². The van der Waals surface area contributed by atoms with Crippen molar-refractivity contribution < 1.29 is 13.9 Å². The summed E-state index contributed by atoms with van der Waals surface area (Å²) in [6.45, 7) is 8.31. The lowest BCUT2D eigenvalue weighted by molar-refractivity contribution is -0.105. The fraction of sp³-hybridized carbons (Fsp3) is 0.448. The van der Waals surface area contributed by atoms with Gasteiger partial charge in [0.2, 0.25) is 6.41 Å². The summed E-state index contributed by atoms with van der Waals surface area (Å²) in [7, 11) is 3.50. The molecule has 1 saturated carbocycles. The van der Waals surface area contributed by atoms with E-state index in [9.17, 15) is 14.0 Å². The Morgan fingerprint density at radius 3 is 2.50 bits per heavy atom. The number of nitrogens with one attached hydrogen (secondary N) is 3. The molecule has 0 radical (unpaired) electrons. The molecule has 1 saturated heterocycles. The number of ether oxygens (including phenoxy) is 1. The molecule has 6 rings (SSSR count). The summed E-state index contributed by atoms with van der Waals surface area (Å²) in [6, 6.07) is 7.99. The number of piperazine rings is 1. The number of hydrogen-bond donors (Lipinski definition) is 3. The van der Waals surface area contributed by atoms with Gasteiger partial charge in [-0.05, 0) is 63.8 Å². The second-order valence-electron chi connectivity index (χ2n) is 10.5. The van der Waals surface area contributed by atoms with Gasteiger partial charge in [0, 0.05) is 73.9 Å². The fourth-order valence-electron chi connectivity index (χ4n) is 5.05. The van der Waals surface area contributed by atoms with Gasteiger partial charge >= 0.3 is 5.69 Å². The van der Waals surface area contributed by atoms with Crippen LogP contribution in [0.3, 0.4) is 0 Å². The van der Waals surface area contributed by atoms with E-state index in [1.165, 1.54) is 30.0 Å². The highest BCUT2D eigenvalue weighted by Gasteiger charge is 2.22. The molecule has 3 N–H and O–H groups in total. The highest BCUT2D eigenvalue weighted by atomic mass is 19.1. The Morgan fingerprint density at radius 2 is 1.90 bits per heavy atom. The van der Waals surface area contributed by atoms with Crippen molar-refractivity contribution in [1.82, 2.24) is 25.1 Å². The summed E-state index contributed by atoms with van der Waals surface area (Å²) in [4.78, 5) is 30.7. The molecule has 2 aliphatic rings. The lowest BCUT2D eigenvalue weighted by Crippen LogP contribution is -2.54. The number of amides is 1. The molecule has 0 spiro atoms. The summed E-state index contributed by atoms with van der Waals surface area (Å²) in [5.41, 5.74) is 3.55. The third-order valence-electron chi connectivity index (χ3n) is 7.16. The van der Waals surface area contributed by atoms with Crippen molar-refractivity contribution in [3.05, 3.63) is 58.5 Å². The Balaban J connectivity index is 0.000000159. The molecule has 1 aliphatic heterocycles. The number of benzene rings is 2. The van der Waals surface area contributed by atoms with E-state index in [0.29, 0.717) is 41.2 Å². The molecule has 2 fully saturated rings. The highest BCUT2D eigenvalue weighted by molar-refractivity contribution is 5.93. The highest BCUT2D eigenvalue weighted by Crippen LogP contribution is 2.28. The number of anilines is 2. The van der Waals surface area contributed by atoms with Crippen molar-refractivity contribution in [1.29, 1.82) is 0 Å². The van der Waals surface area contributed by atoms with Gasteiger partial charge in [0.15, 0.2) is 5.82 Å². The van der Waals surface area contributed by atoms with Crippen molar-refractivity contribution in [3.63, 3.8) is 0 Å². The topological polar surface area (TPSA) is 117 Å². The second kappa shape index (κ2) is 13.0. The number of halogens is 1. The number of carbonyl (C=O) groups is 1. The maximum Gasteiger partial charge on any atom is 0.345 e. The molecule has 0 bridgehead atoms. The van der Waals surface area contributed by atoms with Gasteiger partial charge in [-0.2, -0.15) is 5.10 Å². The summed E-state index contributed by atoms with van der Waals surface area (Å²) in [6.07, 6.45) is 8.45. The lowest BCUT2D eigenvalue weighted by Gasteiger charge is -2.38. The van der Waals surface area contributed by atoms with Gasteiger partial charge in [0.25, 0.3) is 0 Å². The maximum absolute atomic E-state index is 13.4. The van der Waals surface area contributed by atoms with Crippen LogP contribution in [0.4, 0.5) is 15.8 Å². The Bertz CT molecular complexity index is 1500. The standard InChI is InChI=1S/C15H20N4O.C9H8FN3O.C5H10O/c1-9-4-5-13(12-6-16-15(20)18-14(9)12)19-7-10(2)17-11(3)8-19;1-13-4-6-2-7(11-5-14)3-8(10)9(6)12-13;1-6-5-3-2-4-5/h4-6,10-11,17H,7-8H2,1-3H3,(H,16,18,20);2-5H,1H3,(H,11,14);5H,2-4H2,1H3. The quantitative estimate of drug-likeness (QED) is 0.330. The molecular formula is C29H38FN7O3. The number of methoxy groups -OCH3 is 1. The normalized spacial score (nSPS) is 18.8. The number of nitrogens with zero attached hydrogens (tertiary/aromatic N) is 4. The zero-order chi connectivity index (χ0) is 28.8. The van der Waals surface area contributed by atoms with E-state index in [0.717, 1.165) is 35.2 Å². The van der Waals surface area contributed by atoms with Crippen LogP contribution in [0, 0.1) is 12.7 Å². The average molecular weight is 552 g/mol. The van der Waals surface area contributed by atoms with Crippen molar-refractivity contribution in [2.24, 2.45) is 7.05 Å². The van der Waals surface area contributed by atoms with Crippen molar-refractivity contribution in [2.75, 3.05) is 30.4 Å². The second-order valence-corrected chi connectivity index (χ2v) is 10.5. The van der Waals surface area contributed by atoms with Crippen molar-refractivity contribution in [2.45, 2.75) is 58.2 Å². The molecule has 10 nitrogen and oxygen atoms in total. The Kier molecular flexibility index (Phi) is 9.49. The van der Waals surface area contributed by atoms with Crippen LogP contribution in [0.15, 0.2) is 41.5 Å². The predicted molar refractivity (Wildman–Crippen MR) is 156 cm³/mol. The Labute approximate surface area is 232 Å². The third-order valence-corrected chi connectivity index (χ3v) is 7.16. The van der Waals surface area contributed by atoms with Gasteiger partial charge in [-0.25, -0.2) is 14.2 Å². The molecule has 3 heterocycles. The minimum absolute atomic E-state index is 0.292. The SMILES string of the molecule is COC1CCC1.Cc1ccc(N2CC(C)NC(C)C2)c2cnc(=O)[nH]c12.Cn1cc2cc(NC=O)cc(F)c2n1. The minimum atomic E-state index is -0.438. The van der Waals surface area contributed by atoms with Crippen LogP contribution in [0.25, 0.3) is 21.8 Å².